The molecular weight excluding hydrogens is 250 g/mol. The summed E-state index contributed by atoms with van der Waals surface area (Å²) in [5, 5.41) is 5.51. The molecule has 0 saturated heterocycles. The fourth-order valence-corrected chi connectivity index (χ4v) is 2.38. The number of nitrogens with zero attached hydrogens (tertiary/aromatic N) is 4. The Morgan fingerprint density at radius 3 is 2.65 bits per heavy atom. The van der Waals surface area contributed by atoms with Crippen molar-refractivity contribution >= 4 is 10.9 Å². The maximum absolute atomic E-state index is 5.69. The number of aryl methyl sites for hydroxylation is 2. The Hall–Kier alpha value is -2.27. The Bertz CT molecular complexity index is 760. The first-order chi connectivity index (χ1) is 9.69. The van der Waals surface area contributed by atoms with Gasteiger partial charge in [-0.15, -0.1) is 0 Å². The second-order valence-corrected chi connectivity index (χ2v) is 4.87. The van der Waals surface area contributed by atoms with Crippen LogP contribution in [0.15, 0.2) is 30.3 Å². The van der Waals surface area contributed by atoms with E-state index in [1.54, 1.807) is 4.68 Å². The molecule has 0 aliphatic rings. The summed E-state index contributed by atoms with van der Waals surface area (Å²) in [4.78, 5) is 9.26. The van der Waals surface area contributed by atoms with Crippen LogP contribution in [-0.2, 0) is 6.42 Å². The van der Waals surface area contributed by atoms with E-state index in [1.807, 2.05) is 44.2 Å². The number of nitrogens with two attached hydrogens (primary N) is 1. The van der Waals surface area contributed by atoms with E-state index in [1.165, 1.54) is 0 Å². The van der Waals surface area contributed by atoms with Gasteiger partial charge in [-0.25, -0.2) is 14.6 Å². The quantitative estimate of drug-likeness (QED) is 0.787. The van der Waals surface area contributed by atoms with Gasteiger partial charge in [0.05, 0.1) is 16.9 Å². The summed E-state index contributed by atoms with van der Waals surface area (Å²) in [5.74, 6) is 0.609. The van der Waals surface area contributed by atoms with Crippen LogP contribution >= 0.6 is 0 Å². The van der Waals surface area contributed by atoms with E-state index >= 15 is 0 Å². The molecule has 20 heavy (non-hydrogen) atoms. The van der Waals surface area contributed by atoms with Gasteiger partial charge >= 0.3 is 0 Å². The third kappa shape index (κ3) is 2.16. The SMILES string of the molecule is Cc1cc(C)n(-c2nc(CCN)c3ccccc3n2)n1. The Morgan fingerprint density at radius 2 is 1.95 bits per heavy atom. The standard InChI is InChI=1S/C15H17N5/c1-10-9-11(2)20(19-10)15-17-13-6-4-3-5-12(13)14(18-15)7-8-16/h3-6,9H,7-8,16H2,1-2H3. The zero-order valence-electron chi connectivity index (χ0n) is 11.7. The van der Waals surface area contributed by atoms with Crippen molar-refractivity contribution in [1.29, 1.82) is 0 Å². The van der Waals surface area contributed by atoms with Crippen molar-refractivity contribution < 1.29 is 0 Å². The third-order valence-corrected chi connectivity index (χ3v) is 3.25. The van der Waals surface area contributed by atoms with Crippen molar-refractivity contribution in [2.75, 3.05) is 6.54 Å². The van der Waals surface area contributed by atoms with Crippen molar-refractivity contribution in [2.24, 2.45) is 5.73 Å². The molecule has 0 amide bonds. The zero-order valence-corrected chi connectivity index (χ0v) is 11.7. The molecule has 3 rings (SSSR count). The highest BCUT2D eigenvalue weighted by Gasteiger charge is 2.11. The van der Waals surface area contributed by atoms with E-state index in [-0.39, 0.29) is 0 Å². The molecule has 0 spiro atoms. The van der Waals surface area contributed by atoms with Crippen molar-refractivity contribution in [3.8, 4) is 5.95 Å². The normalized spacial score (nSPS) is 11.2. The lowest BCUT2D eigenvalue weighted by molar-refractivity contribution is 0.767. The molecule has 0 saturated carbocycles. The van der Waals surface area contributed by atoms with E-state index in [0.29, 0.717) is 12.5 Å². The summed E-state index contributed by atoms with van der Waals surface area (Å²) in [6, 6.07) is 10.0. The average molecular weight is 267 g/mol. The van der Waals surface area contributed by atoms with Gasteiger partial charge in [0, 0.05) is 17.5 Å². The molecule has 2 aromatic heterocycles. The van der Waals surface area contributed by atoms with Crippen LogP contribution in [0.2, 0.25) is 0 Å². The molecule has 0 aliphatic heterocycles. The van der Waals surface area contributed by atoms with E-state index in [0.717, 1.165) is 34.4 Å². The lowest BCUT2D eigenvalue weighted by atomic mass is 10.1. The average Bonchev–Trinajstić information content (AvgIpc) is 2.78. The second kappa shape index (κ2) is 5.02. The summed E-state index contributed by atoms with van der Waals surface area (Å²) < 4.78 is 1.78. The maximum Gasteiger partial charge on any atom is 0.251 e. The van der Waals surface area contributed by atoms with Crippen molar-refractivity contribution in [2.45, 2.75) is 20.3 Å². The summed E-state index contributed by atoms with van der Waals surface area (Å²) in [6.45, 7) is 4.53. The van der Waals surface area contributed by atoms with Gasteiger partial charge in [0.2, 0.25) is 0 Å². The lowest BCUT2D eigenvalue weighted by Gasteiger charge is -2.08. The number of aromatic nitrogens is 4. The minimum absolute atomic E-state index is 0.567. The summed E-state index contributed by atoms with van der Waals surface area (Å²) in [6.07, 6.45) is 0.731. The first kappa shape index (κ1) is 12.7. The minimum Gasteiger partial charge on any atom is -0.330 e. The third-order valence-electron chi connectivity index (χ3n) is 3.25. The number of para-hydroxylation sites is 1. The molecule has 2 N–H and O–H groups in total. The van der Waals surface area contributed by atoms with Crippen LogP contribution in [0.1, 0.15) is 17.1 Å². The van der Waals surface area contributed by atoms with Crippen LogP contribution in [0.3, 0.4) is 0 Å². The first-order valence-electron chi connectivity index (χ1n) is 6.68. The van der Waals surface area contributed by atoms with Crippen molar-refractivity contribution in [3.63, 3.8) is 0 Å². The summed E-state index contributed by atoms with van der Waals surface area (Å²) in [7, 11) is 0. The van der Waals surface area contributed by atoms with E-state index in [4.69, 9.17) is 5.73 Å². The second-order valence-electron chi connectivity index (χ2n) is 4.87. The Kier molecular flexibility index (Phi) is 3.20. The highest BCUT2D eigenvalue weighted by molar-refractivity contribution is 5.81. The van der Waals surface area contributed by atoms with Gasteiger partial charge in [-0.1, -0.05) is 18.2 Å². The van der Waals surface area contributed by atoms with Gasteiger partial charge in [-0.2, -0.15) is 5.10 Å². The molecule has 2 heterocycles. The predicted octanol–water partition coefficient (Wildman–Crippen LogP) is 1.93. The van der Waals surface area contributed by atoms with E-state index in [9.17, 15) is 0 Å². The topological polar surface area (TPSA) is 69.6 Å². The Labute approximate surface area is 117 Å². The fourth-order valence-electron chi connectivity index (χ4n) is 2.38. The highest BCUT2D eigenvalue weighted by Crippen LogP contribution is 2.18. The lowest BCUT2D eigenvalue weighted by Crippen LogP contribution is -2.11. The van der Waals surface area contributed by atoms with Crippen LogP contribution in [0.25, 0.3) is 16.9 Å². The number of hydrogen-bond donors (Lipinski definition) is 1. The number of benzene rings is 1. The molecule has 0 unspecified atom stereocenters. The molecule has 0 fully saturated rings. The van der Waals surface area contributed by atoms with Gasteiger partial charge in [0.15, 0.2) is 0 Å². The largest absolute Gasteiger partial charge is 0.330 e. The smallest absolute Gasteiger partial charge is 0.251 e. The molecule has 5 heteroatoms. The molecule has 102 valence electrons. The Balaban J connectivity index is 2.24. The minimum atomic E-state index is 0.567. The first-order valence-corrected chi connectivity index (χ1v) is 6.68. The van der Waals surface area contributed by atoms with Crippen molar-refractivity contribution in [1.82, 2.24) is 19.7 Å². The predicted molar refractivity (Wildman–Crippen MR) is 78.9 cm³/mol. The van der Waals surface area contributed by atoms with Crippen LogP contribution in [0.5, 0.6) is 0 Å². The molecule has 0 bridgehead atoms. The van der Waals surface area contributed by atoms with Crippen molar-refractivity contribution in [3.05, 3.63) is 47.4 Å². The van der Waals surface area contributed by atoms with Gasteiger partial charge in [-0.05, 0) is 32.5 Å². The molecule has 0 atom stereocenters. The molecule has 1 aromatic carbocycles. The zero-order chi connectivity index (χ0) is 14.1. The monoisotopic (exact) mass is 267 g/mol. The molecule has 0 radical (unpaired) electrons. The molecular formula is C15H17N5. The van der Waals surface area contributed by atoms with Gasteiger partial charge in [-0.3, -0.25) is 0 Å². The Morgan fingerprint density at radius 1 is 1.15 bits per heavy atom. The number of rotatable bonds is 3. The molecule has 0 aliphatic carbocycles. The molecule has 3 aromatic rings. The van der Waals surface area contributed by atoms with Gasteiger partial charge in [0.1, 0.15) is 0 Å². The van der Waals surface area contributed by atoms with Crippen LogP contribution in [0.4, 0.5) is 0 Å². The number of fused-ring (bicyclic) bond motifs is 1. The van der Waals surface area contributed by atoms with Crippen LogP contribution in [-0.4, -0.2) is 26.3 Å². The highest BCUT2D eigenvalue weighted by atomic mass is 15.4. The van der Waals surface area contributed by atoms with Crippen LogP contribution in [0, 0.1) is 13.8 Å². The summed E-state index contributed by atoms with van der Waals surface area (Å²) in [5.41, 5.74) is 9.57. The fraction of sp³-hybridized carbons (Fsp3) is 0.267. The summed E-state index contributed by atoms with van der Waals surface area (Å²) >= 11 is 0. The number of hydrogen-bond acceptors (Lipinski definition) is 4. The van der Waals surface area contributed by atoms with E-state index < -0.39 is 0 Å². The molecule has 5 nitrogen and oxygen atoms in total. The maximum atomic E-state index is 5.69. The van der Waals surface area contributed by atoms with E-state index in [2.05, 4.69) is 15.1 Å². The van der Waals surface area contributed by atoms with Crippen LogP contribution < -0.4 is 5.73 Å². The van der Waals surface area contributed by atoms with Gasteiger partial charge in [0.25, 0.3) is 5.95 Å². The van der Waals surface area contributed by atoms with Gasteiger partial charge < -0.3 is 5.73 Å².